The molecule has 10 nitrogen and oxygen atoms in total. The number of amides is 3. The molecule has 0 radical (unpaired) electrons. The minimum atomic E-state index is -0.734. The molecule has 11 heteroatoms. The molecule has 3 heterocycles. The summed E-state index contributed by atoms with van der Waals surface area (Å²) in [5, 5.41) is 16.1. The number of hydrogen-bond acceptors (Lipinski definition) is 8. The molecule has 0 fully saturated rings. The summed E-state index contributed by atoms with van der Waals surface area (Å²) in [6.45, 7) is -0.351. The maximum Gasteiger partial charge on any atom is 0.270 e. The Labute approximate surface area is 173 Å². The number of rotatable bonds is 6. The van der Waals surface area contributed by atoms with Gasteiger partial charge in [-0.05, 0) is 18.2 Å². The maximum atomic E-state index is 12.4. The van der Waals surface area contributed by atoms with Crippen molar-refractivity contribution >= 4 is 34.7 Å². The van der Waals surface area contributed by atoms with Crippen molar-refractivity contribution in [2.45, 2.75) is 6.54 Å². The van der Waals surface area contributed by atoms with E-state index in [1.165, 1.54) is 17.4 Å². The molecule has 1 aliphatic rings. The van der Waals surface area contributed by atoms with E-state index in [9.17, 15) is 24.5 Å². The summed E-state index contributed by atoms with van der Waals surface area (Å²) in [6.07, 6.45) is 3.32. The van der Waals surface area contributed by atoms with Crippen molar-refractivity contribution in [3.05, 3.63) is 75.0 Å². The van der Waals surface area contributed by atoms with Crippen LogP contribution in [0.4, 0.5) is 5.69 Å². The van der Waals surface area contributed by atoms with Gasteiger partial charge in [-0.25, -0.2) is 4.98 Å². The number of thiazole rings is 1. The number of aromatic nitrogens is 2. The van der Waals surface area contributed by atoms with Gasteiger partial charge in [-0.15, -0.1) is 11.3 Å². The third-order valence-corrected chi connectivity index (χ3v) is 5.35. The lowest BCUT2D eigenvalue weighted by Gasteiger charge is -2.13. The standard InChI is InChI=1S/C19H13N5O5S/c25-16(21-8-12-10-30-17(22-12)11-3-5-20-6-4-11)9-23-18(26)14-2-1-13(24(28)29)7-15(14)19(23)27/h1-7,10H,8-9H2,(H,21,25). The van der Waals surface area contributed by atoms with E-state index in [0.717, 1.165) is 27.6 Å². The van der Waals surface area contributed by atoms with Crippen LogP contribution in [0.1, 0.15) is 26.4 Å². The minimum absolute atomic E-state index is 0.0416. The van der Waals surface area contributed by atoms with Gasteiger partial charge in [0.2, 0.25) is 5.91 Å². The lowest BCUT2D eigenvalue weighted by atomic mass is 10.1. The number of nitro benzene ring substituents is 1. The Balaban J connectivity index is 1.39. The zero-order valence-corrected chi connectivity index (χ0v) is 16.1. The van der Waals surface area contributed by atoms with E-state index >= 15 is 0 Å². The summed E-state index contributed by atoms with van der Waals surface area (Å²) in [7, 11) is 0. The highest BCUT2D eigenvalue weighted by molar-refractivity contribution is 7.13. The van der Waals surface area contributed by atoms with Crippen molar-refractivity contribution in [1.29, 1.82) is 0 Å². The first-order valence-electron chi connectivity index (χ1n) is 8.70. The molecule has 0 saturated heterocycles. The topological polar surface area (TPSA) is 135 Å². The van der Waals surface area contributed by atoms with Crippen LogP contribution in [0.25, 0.3) is 10.6 Å². The number of carbonyl (C=O) groups is 3. The molecule has 3 amide bonds. The van der Waals surface area contributed by atoms with Crippen molar-refractivity contribution in [2.75, 3.05) is 6.54 Å². The Hall–Kier alpha value is -3.99. The van der Waals surface area contributed by atoms with E-state index in [1.807, 2.05) is 12.1 Å². The summed E-state index contributed by atoms with van der Waals surface area (Å²) in [5.41, 5.74) is 1.21. The third-order valence-electron chi connectivity index (χ3n) is 4.41. The summed E-state index contributed by atoms with van der Waals surface area (Å²) >= 11 is 1.42. The van der Waals surface area contributed by atoms with Crippen LogP contribution in [0.5, 0.6) is 0 Å². The van der Waals surface area contributed by atoms with Crippen molar-refractivity contribution < 1.29 is 19.3 Å². The molecule has 1 aliphatic heterocycles. The van der Waals surface area contributed by atoms with Gasteiger partial charge in [0.25, 0.3) is 17.5 Å². The Morgan fingerprint density at radius 2 is 1.87 bits per heavy atom. The molecular weight excluding hydrogens is 410 g/mol. The van der Waals surface area contributed by atoms with Gasteiger partial charge in [0.15, 0.2) is 0 Å². The lowest BCUT2D eigenvalue weighted by molar-refractivity contribution is -0.384. The van der Waals surface area contributed by atoms with Crippen LogP contribution in [0.2, 0.25) is 0 Å². The Morgan fingerprint density at radius 1 is 1.13 bits per heavy atom. The van der Waals surface area contributed by atoms with Gasteiger partial charge >= 0.3 is 0 Å². The zero-order valence-electron chi connectivity index (χ0n) is 15.3. The maximum absolute atomic E-state index is 12.4. The highest BCUT2D eigenvalue weighted by atomic mass is 32.1. The van der Waals surface area contributed by atoms with Crippen LogP contribution in [-0.4, -0.2) is 44.1 Å². The van der Waals surface area contributed by atoms with Crippen molar-refractivity contribution in [3.63, 3.8) is 0 Å². The number of nitrogens with zero attached hydrogens (tertiary/aromatic N) is 4. The van der Waals surface area contributed by atoms with E-state index in [-0.39, 0.29) is 23.4 Å². The molecule has 0 atom stereocenters. The molecule has 0 bridgehead atoms. The molecular formula is C19H13N5O5S. The highest BCUT2D eigenvalue weighted by Gasteiger charge is 2.37. The van der Waals surface area contributed by atoms with Crippen LogP contribution in [-0.2, 0) is 11.3 Å². The summed E-state index contributed by atoms with van der Waals surface area (Å²) in [6, 6.07) is 7.07. The molecule has 0 saturated carbocycles. The Morgan fingerprint density at radius 3 is 2.60 bits per heavy atom. The number of benzene rings is 1. The fourth-order valence-corrected chi connectivity index (χ4v) is 3.77. The van der Waals surface area contributed by atoms with E-state index in [1.54, 1.807) is 17.8 Å². The number of nitrogens with one attached hydrogen (secondary N) is 1. The number of nitro groups is 1. The molecule has 1 N–H and O–H groups in total. The van der Waals surface area contributed by atoms with Crippen molar-refractivity contribution in [1.82, 2.24) is 20.2 Å². The van der Waals surface area contributed by atoms with Crippen molar-refractivity contribution in [3.8, 4) is 10.6 Å². The fourth-order valence-electron chi connectivity index (χ4n) is 2.94. The van der Waals surface area contributed by atoms with Gasteiger partial charge in [-0.2, -0.15) is 0 Å². The predicted molar refractivity (Wildman–Crippen MR) is 106 cm³/mol. The summed E-state index contributed by atoms with van der Waals surface area (Å²) in [5.74, 6) is -1.94. The fraction of sp³-hybridized carbons (Fsp3) is 0.105. The lowest BCUT2D eigenvalue weighted by Crippen LogP contribution is -2.40. The molecule has 0 aliphatic carbocycles. The van der Waals surface area contributed by atoms with E-state index in [4.69, 9.17) is 0 Å². The molecule has 4 rings (SSSR count). The third kappa shape index (κ3) is 3.65. The van der Waals surface area contributed by atoms with Gasteiger partial charge < -0.3 is 5.32 Å². The van der Waals surface area contributed by atoms with E-state index < -0.39 is 29.2 Å². The second-order valence-electron chi connectivity index (χ2n) is 6.34. The second kappa shape index (κ2) is 7.79. The summed E-state index contributed by atoms with van der Waals surface area (Å²) in [4.78, 5) is 56.5. The van der Waals surface area contributed by atoms with Crippen LogP contribution in [0, 0.1) is 10.1 Å². The normalized spacial score (nSPS) is 12.7. The number of imide groups is 1. The van der Waals surface area contributed by atoms with Crippen LogP contribution in [0.15, 0.2) is 48.1 Å². The van der Waals surface area contributed by atoms with Crippen molar-refractivity contribution in [2.24, 2.45) is 0 Å². The highest BCUT2D eigenvalue weighted by Crippen LogP contribution is 2.26. The molecule has 0 spiro atoms. The molecule has 30 heavy (non-hydrogen) atoms. The SMILES string of the molecule is O=C(CN1C(=O)c2ccc([N+](=O)[O-])cc2C1=O)NCc1csc(-c2ccncc2)n1. The number of pyridine rings is 1. The van der Waals surface area contributed by atoms with Gasteiger partial charge in [0.05, 0.1) is 28.3 Å². The van der Waals surface area contributed by atoms with E-state index in [2.05, 4.69) is 15.3 Å². The number of fused-ring (bicyclic) bond motifs is 1. The smallest absolute Gasteiger partial charge is 0.270 e. The van der Waals surface area contributed by atoms with E-state index in [0.29, 0.717) is 5.69 Å². The number of carbonyl (C=O) groups excluding carboxylic acids is 3. The number of non-ortho nitro benzene ring substituents is 1. The quantitative estimate of drug-likeness (QED) is 0.364. The first kappa shape index (κ1) is 19.3. The second-order valence-corrected chi connectivity index (χ2v) is 7.20. The molecule has 150 valence electrons. The summed E-state index contributed by atoms with van der Waals surface area (Å²) < 4.78 is 0. The number of hydrogen-bond donors (Lipinski definition) is 1. The Bertz CT molecular complexity index is 1180. The molecule has 3 aromatic rings. The molecule has 1 aromatic carbocycles. The first-order valence-corrected chi connectivity index (χ1v) is 9.58. The molecule has 2 aromatic heterocycles. The first-order chi connectivity index (χ1) is 14.4. The molecule has 0 unspecified atom stereocenters. The van der Waals surface area contributed by atoms with Gasteiger partial charge in [0, 0.05) is 35.5 Å². The predicted octanol–water partition coefficient (Wildman–Crippen LogP) is 2.03. The largest absolute Gasteiger partial charge is 0.349 e. The average molecular weight is 423 g/mol. The van der Waals surface area contributed by atoms with Crippen LogP contribution < -0.4 is 5.32 Å². The van der Waals surface area contributed by atoms with Gasteiger partial charge in [-0.3, -0.25) is 34.4 Å². The van der Waals surface area contributed by atoms with Crippen LogP contribution >= 0.6 is 11.3 Å². The average Bonchev–Trinajstić information content (AvgIpc) is 3.32. The minimum Gasteiger partial charge on any atom is -0.349 e. The van der Waals surface area contributed by atoms with Gasteiger partial charge in [-0.1, -0.05) is 0 Å². The van der Waals surface area contributed by atoms with Gasteiger partial charge in [0.1, 0.15) is 11.6 Å². The zero-order chi connectivity index (χ0) is 21.3. The van der Waals surface area contributed by atoms with Crippen LogP contribution in [0.3, 0.4) is 0 Å². The monoisotopic (exact) mass is 423 g/mol. The Kier molecular flexibility index (Phi) is 5.02.